The summed E-state index contributed by atoms with van der Waals surface area (Å²) in [5, 5.41) is 9.45. The number of nitrogens with zero attached hydrogens (tertiary/aromatic N) is 4. The van der Waals surface area contributed by atoms with Gasteiger partial charge >= 0.3 is 0 Å². The second kappa shape index (κ2) is 2.90. The van der Waals surface area contributed by atoms with Gasteiger partial charge in [0.25, 0.3) is 0 Å². The number of hydrogen-bond donors (Lipinski definition) is 0. The molecular formula is C10H7ClN4. The van der Waals surface area contributed by atoms with E-state index in [9.17, 15) is 0 Å². The largest absolute Gasteiger partial charge is 0.253 e. The Kier molecular flexibility index (Phi) is 1.67. The van der Waals surface area contributed by atoms with Crippen LogP contribution in [0.15, 0.2) is 24.3 Å². The van der Waals surface area contributed by atoms with Gasteiger partial charge in [-0.05, 0) is 30.7 Å². The highest BCUT2D eigenvalue weighted by Gasteiger charge is 2.10. The van der Waals surface area contributed by atoms with E-state index in [1.165, 1.54) is 0 Å². The van der Waals surface area contributed by atoms with Gasteiger partial charge in [0, 0.05) is 5.39 Å². The van der Waals surface area contributed by atoms with Crippen LogP contribution in [0.1, 0.15) is 5.82 Å². The molecule has 0 saturated heterocycles. The molecule has 0 fully saturated rings. The maximum Gasteiger partial charge on any atom is 0.210 e. The molecule has 2 aromatic heterocycles. The average molecular weight is 219 g/mol. The third kappa shape index (κ3) is 1.11. The molecule has 3 aromatic rings. The van der Waals surface area contributed by atoms with Crippen LogP contribution < -0.4 is 0 Å². The van der Waals surface area contributed by atoms with E-state index in [4.69, 9.17) is 11.6 Å². The summed E-state index contributed by atoms with van der Waals surface area (Å²) in [5.41, 5.74) is 1.59. The molecule has 0 aliphatic rings. The molecule has 3 rings (SSSR count). The Balaban J connectivity index is 2.65. The van der Waals surface area contributed by atoms with Crippen LogP contribution >= 0.6 is 11.6 Å². The molecule has 0 N–H and O–H groups in total. The molecule has 0 unspecified atom stereocenters. The first-order valence-corrected chi connectivity index (χ1v) is 4.91. The van der Waals surface area contributed by atoms with E-state index in [2.05, 4.69) is 15.2 Å². The number of aromatic nitrogens is 4. The number of rotatable bonds is 0. The quantitative estimate of drug-likeness (QED) is 0.544. The van der Waals surface area contributed by atoms with Gasteiger partial charge < -0.3 is 0 Å². The minimum Gasteiger partial charge on any atom is -0.253 e. The Morgan fingerprint density at radius 3 is 2.87 bits per heavy atom. The first kappa shape index (κ1) is 8.61. The Morgan fingerprint density at radius 1 is 1.20 bits per heavy atom. The molecule has 0 atom stereocenters. The molecule has 0 aliphatic carbocycles. The summed E-state index contributed by atoms with van der Waals surface area (Å²) in [7, 11) is 0. The molecule has 1 aromatic carbocycles. The van der Waals surface area contributed by atoms with Crippen LogP contribution in [0.4, 0.5) is 0 Å². The zero-order valence-corrected chi connectivity index (χ0v) is 8.73. The predicted molar refractivity (Wildman–Crippen MR) is 58.0 cm³/mol. The van der Waals surface area contributed by atoms with Crippen LogP contribution in [0.3, 0.4) is 0 Å². The average Bonchev–Trinajstić information content (AvgIpc) is 2.62. The van der Waals surface area contributed by atoms with E-state index in [1.807, 2.05) is 31.2 Å². The smallest absolute Gasteiger partial charge is 0.210 e. The van der Waals surface area contributed by atoms with Gasteiger partial charge in [-0.3, -0.25) is 4.40 Å². The molecule has 15 heavy (non-hydrogen) atoms. The Bertz CT molecular complexity index is 659. The fourth-order valence-electron chi connectivity index (χ4n) is 1.67. The monoisotopic (exact) mass is 218 g/mol. The molecular weight excluding hydrogens is 212 g/mol. The van der Waals surface area contributed by atoms with Crippen LogP contribution in [0.2, 0.25) is 5.28 Å². The molecule has 2 heterocycles. The van der Waals surface area contributed by atoms with Crippen molar-refractivity contribution in [1.82, 2.24) is 19.6 Å². The maximum atomic E-state index is 6.05. The summed E-state index contributed by atoms with van der Waals surface area (Å²) in [6.07, 6.45) is 0. The number of hydrogen-bond acceptors (Lipinski definition) is 3. The summed E-state index contributed by atoms with van der Waals surface area (Å²) in [5.74, 6) is 0.744. The van der Waals surface area contributed by atoms with Gasteiger partial charge in [0.2, 0.25) is 5.28 Å². The minimum atomic E-state index is 0.395. The van der Waals surface area contributed by atoms with E-state index < -0.39 is 0 Å². The van der Waals surface area contributed by atoms with Crippen molar-refractivity contribution in [2.45, 2.75) is 6.92 Å². The standard InChI is InChI=1S/C10H7ClN4/c1-6-13-14-9-7-4-2-3-5-8(7)12-10(11)15(6)9/h2-5H,1H3. The Hall–Kier alpha value is -1.68. The van der Waals surface area contributed by atoms with Crippen molar-refractivity contribution in [1.29, 1.82) is 0 Å². The third-order valence-corrected chi connectivity index (χ3v) is 2.62. The normalized spacial score (nSPS) is 11.3. The molecule has 5 heteroatoms. The van der Waals surface area contributed by atoms with Gasteiger partial charge in [0.05, 0.1) is 5.52 Å². The molecule has 0 saturated carbocycles. The van der Waals surface area contributed by atoms with Crippen molar-refractivity contribution in [3.8, 4) is 0 Å². The SMILES string of the molecule is Cc1nnc2c3ccccc3nc(Cl)n12. The Labute approximate surface area is 90.5 Å². The lowest BCUT2D eigenvalue weighted by Crippen LogP contribution is -1.94. The maximum absolute atomic E-state index is 6.05. The molecule has 0 aliphatic heterocycles. The molecule has 0 spiro atoms. The van der Waals surface area contributed by atoms with E-state index in [-0.39, 0.29) is 0 Å². The van der Waals surface area contributed by atoms with Gasteiger partial charge in [-0.1, -0.05) is 12.1 Å². The van der Waals surface area contributed by atoms with E-state index in [1.54, 1.807) is 4.40 Å². The Morgan fingerprint density at radius 2 is 2.00 bits per heavy atom. The van der Waals surface area contributed by atoms with Gasteiger partial charge in [-0.2, -0.15) is 0 Å². The lowest BCUT2D eigenvalue weighted by atomic mass is 10.2. The van der Waals surface area contributed by atoms with Gasteiger partial charge in [-0.25, -0.2) is 4.98 Å². The van der Waals surface area contributed by atoms with Crippen molar-refractivity contribution >= 4 is 28.2 Å². The third-order valence-electron chi connectivity index (χ3n) is 2.37. The molecule has 0 bridgehead atoms. The number of aryl methyl sites for hydroxylation is 1. The van der Waals surface area contributed by atoms with E-state index in [0.29, 0.717) is 5.28 Å². The second-order valence-electron chi connectivity index (χ2n) is 3.30. The zero-order valence-electron chi connectivity index (χ0n) is 7.98. The summed E-state index contributed by atoms with van der Waals surface area (Å²) in [4.78, 5) is 4.29. The van der Waals surface area contributed by atoms with Crippen LogP contribution in [0.5, 0.6) is 0 Å². The molecule has 74 valence electrons. The van der Waals surface area contributed by atoms with Crippen molar-refractivity contribution in [3.63, 3.8) is 0 Å². The van der Waals surface area contributed by atoms with Gasteiger partial charge in [0.1, 0.15) is 5.82 Å². The minimum absolute atomic E-state index is 0.395. The second-order valence-corrected chi connectivity index (χ2v) is 3.64. The number of para-hydroxylation sites is 1. The molecule has 4 nitrogen and oxygen atoms in total. The number of benzene rings is 1. The fourth-order valence-corrected chi connectivity index (χ4v) is 1.96. The first-order valence-electron chi connectivity index (χ1n) is 4.53. The summed E-state index contributed by atoms with van der Waals surface area (Å²) >= 11 is 6.05. The molecule has 0 amide bonds. The molecule has 0 radical (unpaired) electrons. The summed E-state index contributed by atoms with van der Waals surface area (Å²) in [6, 6.07) is 7.74. The number of fused-ring (bicyclic) bond motifs is 3. The van der Waals surface area contributed by atoms with Crippen LogP contribution in [0.25, 0.3) is 16.6 Å². The highest BCUT2D eigenvalue weighted by atomic mass is 35.5. The predicted octanol–water partition coefficient (Wildman–Crippen LogP) is 2.24. The van der Waals surface area contributed by atoms with Crippen LogP contribution in [0, 0.1) is 6.92 Å². The van der Waals surface area contributed by atoms with Crippen molar-refractivity contribution < 1.29 is 0 Å². The van der Waals surface area contributed by atoms with E-state index >= 15 is 0 Å². The van der Waals surface area contributed by atoms with Crippen molar-refractivity contribution in [3.05, 3.63) is 35.4 Å². The van der Waals surface area contributed by atoms with Crippen LogP contribution in [-0.4, -0.2) is 19.6 Å². The van der Waals surface area contributed by atoms with Gasteiger partial charge in [0.15, 0.2) is 5.65 Å². The number of halogens is 1. The highest BCUT2D eigenvalue weighted by Crippen LogP contribution is 2.20. The highest BCUT2D eigenvalue weighted by molar-refractivity contribution is 6.29. The fraction of sp³-hybridized carbons (Fsp3) is 0.100. The van der Waals surface area contributed by atoms with Gasteiger partial charge in [-0.15, -0.1) is 10.2 Å². The topological polar surface area (TPSA) is 43.1 Å². The lowest BCUT2D eigenvalue weighted by Gasteiger charge is -2.01. The van der Waals surface area contributed by atoms with E-state index in [0.717, 1.165) is 22.4 Å². The summed E-state index contributed by atoms with van der Waals surface area (Å²) < 4.78 is 1.74. The summed E-state index contributed by atoms with van der Waals surface area (Å²) in [6.45, 7) is 1.85. The van der Waals surface area contributed by atoms with Crippen LogP contribution in [-0.2, 0) is 0 Å². The lowest BCUT2D eigenvalue weighted by molar-refractivity contribution is 0.990. The van der Waals surface area contributed by atoms with Crippen molar-refractivity contribution in [2.75, 3.05) is 0 Å². The zero-order chi connectivity index (χ0) is 10.4. The first-order chi connectivity index (χ1) is 7.27. The van der Waals surface area contributed by atoms with Crippen molar-refractivity contribution in [2.24, 2.45) is 0 Å².